The van der Waals surface area contributed by atoms with E-state index in [9.17, 15) is 8.42 Å². The van der Waals surface area contributed by atoms with E-state index in [1.54, 1.807) is 36.5 Å². The van der Waals surface area contributed by atoms with Crippen LogP contribution in [0.1, 0.15) is 17.4 Å². The zero-order valence-electron chi connectivity index (χ0n) is 28.7. The van der Waals surface area contributed by atoms with Crippen LogP contribution in [0.5, 0.6) is 11.5 Å². The Morgan fingerprint density at radius 1 is 0.774 bits per heavy atom. The standard InChI is InChI=1S/C37H36N8O5S3/c1-23-35(52-37(39)41-23)30-19-28(20-34(43-30)44-10-13-48-14-11-44)53(46,47)27-9-5-6-24(16-27)31-22-45(12-15-49-31)33-18-26(50-25-7-3-2-4-8-25)17-29(42-33)32-21-40-36(38)51-32/h2-9,16-21,31H,10-15,22H2,1H3,(H2,38,40)(H2,39,41). The van der Waals surface area contributed by atoms with Gasteiger partial charge in [0.05, 0.1) is 56.4 Å². The van der Waals surface area contributed by atoms with Gasteiger partial charge in [0.2, 0.25) is 9.84 Å². The molecule has 16 heteroatoms. The smallest absolute Gasteiger partial charge is 0.206 e. The summed E-state index contributed by atoms with van der Waals surface area (Å²) in [7, 11) is -3.99. The molecule has 4 N–H and O–H groups in total. The zero-order valence-corrected chi connectivity index (χ0v) is 31.2. The molecule has 0 spiro atoms. The van der Waals surface area contributed by atoms with Gasteiger partial charge in [-0.25, -0.2) is 28.4 Å². The van der Waals surface area contributed by atoms with Crippen LogP contribution >= 0.6 is 22.7 Å². The fourth-order valence-corrected chi connectivity index (χ4v) is 9.11. The van der Waals surface area contributed by atoms with Crippen LogP contribution in [-0.2, 0) is 19.3 Å². The van der Waals surface area contributed by atoms with Gasteiger partial charge in [0.25, 0.3) is 0 Å². The molecule has 6 aromatic rings. The van der Waals surface area contributed by atoms with Crippen molar-refractivity contribution in [1.82, 2.24) is 19.9 Å². The second-order valence-electron chi connectivity index (χ2n) is 12.5. The molecule has 0 bridgehead atoms. The number of nitrogens with zero attached hydrogens (tertiary/aromatic N) is 6. The molecule has 6 heterocycles. The maximum absolute atomic E-state index is 14.4. The molecule has 0 saturated carbocycles. The number of nitrogen functional groups attached to an aromatic ring is 2. The molecule has 0 aliphatic carbocycles. The number of ether oxygens (including phenoxy) is 3. The van der Waals surface area contributed by atoms with Gasteiger partial charge in [-0.1, -0.05) is 53.0 Å². The molecule has 53 heavy (non-hydrogen) atoms. The van der Waals surface area contributed by atoms with Gasteiger partial charge in [-0.05, 0) is 48.9 Å². The Morgan fingerprint density at radius 3 is 2.30 bits per heavy atom. The molecule has 2 fully saturated rings. The number of aromatic nitrogens is 4. The number of aryl methyl sites for hydroxylation is 1. The molecule has 2 aliphatic rings. The lowest BCUT2D eigenvalue weighted by Gasteiger charge is -2.34. The molecule has 2 aliphatic heterocycles. The van der Waals surface area contributed by atoms with Crippen molar-refractivity contribution in [1.29, 1.82) is 0 Å². The van der Waals surface area contributed by atoms with Gasteiger partial charge in [0.1, 0.15) is 29.2 Å². The highest BCUT2D eigenvalue weighted by atomic mass is 32.2. The number of thiazole rings is 2. The third-order valence-electron chi connectivity index (χ3n) is 8.95. The summed E-state index contributed by atoms with van der Waals surface area (Å²) in [6, 6.07) is 23.5. The van der Waals surface area contributed by atoms with Gasteiger partial charge < -0.3 is 35.5 Å². The number of hydrogen-bond acceptors (Lipinski definition) is 15. The number of morpholine rings is 2. The third-order valence-corrected chi connectivity index (χ3v) is 12.5. The number of hydrogen-bond donors (Lipinski definition) is 2. The summed E-state index contributed by atoms with van der Waals surface area (Å²) >= 11 is 2.63. The maximum atomic E-state index is 14.4. The number of pyridine rings is 2. The number of para-hydroxylation sites is 1. The van der Waals surface area contributed by atoms with Crippen LogP contribution < -0.4 is 26.0 Å². The minimum Gasteiger partial charge on any atom is -0.457 e. The summed E-state index contributed by atoms with van der Waals surface area (Å²) in [6.45, 7) is 5.51. The molecule has 0 radical (unpaired) electrons. The second kappa shape index (κ2) is 14.7. The van der Waals surface area contributed by atoms with E-state index in [1.807, 2.05) is 60.4 Å². The van der Waals surface area contributed by atoms with Gasteiger partial charge in [0.15, 0.2) is 10.3 Å². The van der Waals surface area contributed by atoms with Crippen LogP contribution in [0.25, 0.3) is 21.1 Å². The van der Waals surface area contributed by atoms with Crippen molar-refractivity contribution in [2.24, 2.45) is 0 Å². The van der Waals surface area contributed by atoms with E-state index in [2.05, 4.69) is 14.9 Å². The molecule has 8 rings (SSSR count). The molecular weight excluding hydrogens is 733 g/mol. The average molecular weight is 769 g/mol. The first-order valence-electron chi connectivity index (χ1n) is 17.0. The number of benzene rings is 2. The summed E-state index contributed by atoms with van der Waals surface area (Å²) in [5, 5.41) is 0.840. The minimum atomic E-state index is -3.99. The predicted molar refractivity (Wildman–Crippen MR) is 207 cm³/mol. The second-order valence-corrected chi connectivity index (χ2v) is 16.6. The minimum absolute atomic E-state index is 0.134. The van der Waals surface area contributed by atoms with E-state index in [1.165, 1.54) is 22.7 Å². The van der Waals surface area contributed by atoms with Gasteiger partial charge in [0, 0.05) is 44.5 Å². The van der Waals surface area contributed by atoms with E-state index in [4.69, 9.17) is 35.6 Å². The van der Waals surface area contributed by atoms with E-state index in [0.29, 0.717) is 96.5 Å². The quantitative estimate of drug-likeness (QED) is 0.170. The monoisotopic (exact) mass is 768 g/mol. The van der Waals surface area contributed by atoms with Gasteiger partial charge in [-0.2, -0.15) is 0 Å². The molecule has 2 aromatic carbocycles. The summed E-state index contributed by atoms with van der Waals surface area (Å²) in [4.78, 5) is 24.4. The van der Waals surface area contributed by atoms with Crippen molar-refractivity contribution in [2.75, 3.05) is 67.3 Å². The molecule has 4 aromatic heterocycles. The largest absolute Gasteiger partial charge is 0.457 e. The zero-order chi connectivity index (χ0) is 36.5. The highest BCUT2D eigenvalue weighted by Crippen LogP contribution is 2.37. The summed E-state index contributed by atoms with van der Waals surface area (Å²) in [6.07, 6.45) is 1.28. The number of nitrogens with two attached hydrogens (primary N) is 2. The SMILES string of the molecule is Cc1nc(N)sc1-c1cc(S(=O)(=O)c2cccc(C3CN(c4cc(Oc5ccccc5)cc(-c5cnc(N)s5)n4)CCO3)c2)cc(N2CCOCC2)n1. The van der Waals surface area contributed by atoms with Crippen LogP contribution in [-0.4, -0.2) is 74.4 Å². The Bertz CT molecular complexity index is 2360. The Morgan fingerprint density at radius 2 is 1.55 bits per heavy atom. The Kier molecular flexibility index (Phi) is 9.70. The normalized spacial score (nSPS) is 16.5. The van der Waals surface area contributed by atoms with Crippen LogP contribution in [0.3, 0.4) is 0 Å². The third kappa shape index (κ3) is 7.54. The first-order chi connectivity index (χ1) is 25.7. The molecule has 2 saturated heterocycles. The van der Waals surface area contributed by atoms with E-state index in [-0.39, 0.29) is 9.79 Å². The fraction of sp³-hybridized carbons (Fsp3) is 0.243. The molecule has 0 amide bonds. The van der Waals surface area contributed by atoms with Gasteiger partial charge in [-0.3, -0.25) is 0 Å². The lowest BCUT2D eigenvalue weighted by molar-refractivity contribution is 0.0394. The van der Waals surface area contributed by atoms with Gasteiger partial charge in [-0.15, -0.1) is 0 Å². The summed E-state index contributed by atoms with van der Waals surface area (Å²) in [5.41, 5.74) is 14.6. The van der Waals surface area contributed by atoms with Crippen LogP contribution in [0.4, 0.5) is 21.9 Å². The first-order valence-corrected chi connectivity index (χ1v) is 20.1. The maximum Gasteiger partial charge on any atom is 0.206 e. The van der Waals surface area contributed by atoms with Crippen molar-refractivity contribution in [2.45, 2.75) is 22.8 Å². The van der Waals surface area contributed by atoms with Crippen molar-refractivity contribution in [3.05, 3.63) is 96.3 Å². The van der Waals surface area contributed by atoms with E-state index in [0.717, 1.165) is 15.3 Å². The molecular formula is C37H36N8O5S3. The lowest BCUT2D eigenvalue weighted by Crippen LogP contribution is -2.39. The Labute approximate surface area is 314 Å². The Hall–Kier alpha value is -5.13. The lowest BCUT2D eigenvalue weighted by atomic mass is 10.1. The summed E-state index contributed by atoms with van der Waals surface area (Å²) in [5.74, 6) is 2.56. The van der Waals surface area contributed by atoms with Crippen molar-refractivity contribution in [3.8, 4) is 32.6 Å². The molecule has 13 nitrogen and oxygen atoms in total. The highest BCUT2D eigenvalue weighted by Gasteiger charge is 2.28. The van der Waals surface area contributed by atoms with Crippen molar-refractivity contribution < 1.29 is 22.6 Å². The number of sulfone groups is 1. The van der Waals surface area contributed by atoms with E-state index < -0.39 is 15.9 Å². The molecule has 272 valence electrons. The topological polar surface area (TPSA) is 172 Å². The number of rotatable bonds is 9. The van der Waals surface area contributed by atoms with Gasteiger partial charge >= 0.3 is 0 Å². The van der Waals surface area contributed by atoms with Crippen LogP contribution in [0.15, 0.2) is 94.9 Å². The van der Waals surface area contributed by atoms with Crippen LogP contribution in [0.2, 0.25) is 0 Å². The van der Waals surface area contributed by atoms with Crippen LogP contribution in [0, 0.1) is 6.92 Å². The fourth-order valence-electron chi connectivity index (χ4n) is 6.32. The highest BCUT2D eigenvalue weighted by molar-refractivity contribution is 7.91. The first kappa shape index (κ1) is 34.9. The number of anilines is 4. The molecule has 1 unspecified atom stereocenters. The van der Waals surface area contributed by atoms with E-state index >= 15 is 0 Å². The van der Waals surface area contributed by atoms with Crippen molar-refractivity contribution in [3.63, 3.8) is 0 Å². The Balaban J connectivity index is 1.10. The average Bonchev–Trinajstić information content (AvgIpc) is 3.78. The summed E-state index contributed by atoms with van der Waals surface area (Å²) < 4.78 is 46.9. The van der Waals surface area contributed by atoms with Crippen molar-refractivity contribution >= 4 is 54.4 Å². The molecule has 1 atom stereocenters. The predicted octanol–water partition coefficient (Wildman–Crippen LogP) is 6.24.